The second kappa shape index (κ2) is 7.93. The first-order valence-electron chi connectivity index (χ1n) is 7.06. The second-order valence-electron chi connectivity index (χ2n) is 4.72. The van der Waals surface area contributed by atoms with Crippen molar-refractivity contribution in [1.29, 1.82) is 0 Å². The van der Waals surface area contributed by atoms with E-state index in [1.165, 1.54) is 0 Å². The molecule has 0 aliphatic heterocycles. The van der Waals surface area contributed by atoms with Crippen molar-refractivity contribution >= 4 is 11.7 Å². The molecule has 116 valence electrons. The van der Waals surface area contributed by atoms with E-state index < -0.39 is 0 Å². The number of ether oxygens (including phenoxy) is 2. The first-order chi connectivity index (χ1) is 10.7. The van der Waals surface area contributed by atoms with E-state index >= 15 is 0 Å². The lowest BCUT2D eigenvalue weighted by Crippen LogP contribution is -2.32. The Hall–Kier alpha value is -2.69. The molecular formula is C17H20N2O3. The number of urea groups is 1. The standard InChI is InChI=1S/C17H20N2O3/c1-13-5-3-4-6-16(13)19-17(20)18-11-12-22-15-9-7-14(21-2)8-10-15/h3-10H,11-12H2,1-2H3,(H2,18,19,20). The van der Waals surface area contributed by atoms with Gasteiger partial charge in [-0.1, -0.05) is 18.2 Å². The van der Waals surface area contributed by atoms with Crippen molar-refractivity contribution in [3.63, 3.8) is 0 Å². The quantitative estimate of drug-likeness (QED) is 0.805. The Morgan fingerprint density at radius 3 is 2.41 bits per heavy atom. The molecule has 2 N–H and O–H groups in total. The third kappa shape index (κ3) is 4.70. The Morgan fingerprint density at radius 1 is 1.05 bits per heavy atom. The highest BCUT2D eigenvalue weighted by atomic mass is 16.5. The predicted molar refractivity (Wildman–Crippen MR) is 86.7 cm³/mol. The molecule has 2 amide bonds. The fraction of sp³-hybridized carbons (Fsp3) is 0.235. The molecule has 5 heteroatoms. The normalized spacial score (nSPS) is 9.91. The molecule has 0 saturated heterocycles. The Labute approximate surface area is 130 Å². The number of hydrogen-bond acceptors (Lipinski definition) is 3. The third-order valence-corrected chi connectivity index (χ3v) is 3.11. The molecule has 0 atom stereocenters. The highest BCUT2D eigenvalue weighted by molar-refractivity contribution is 5.89. The van der Waals surface area contributed by atoms with Crippen molar-refractivity contribution in [3.8, 4) is 11.5 Å². The minimum absolute atomic E-state index is 0.243. The van der Waals surface area contributed by atoms with Gasteiger partial charge in [-0.05, 0) is 42.8 Å². The third-order valence-electron chi connectivity index (χ3n) is 3.11. The van der Waals surface area contributed by atoms with Gasteiger partial charge >= 0.3 is 6.03 Å². The van der Waals surface area contributed by atoms with Crippen LogP contribution in [0.3, 0.4) is 0 Å². The zero-order valence-corrected chi connectivity index (χ0v) is 12.8. The Bertz CT molecular complexity index is 612. The van der Waals surface area contributed by atoms with Crippen LogP contribution in [0.1, 0.15) is 5.56 Å². The number of aryl methyl sites for hydroxylation is 1. The number of methoxy groups -OCH3 is 1. The molecule has 0 heterocycles. The number of anilines is 1. The minimum atomic E-state index is -0.243. The zero-order valence-electron chi connectivity index (χ0n) is 12.8. The second-order valence-corrected chi connectivity index (χ2v) is 4.72. The largest absolute Gasteiger partial charge is 0.497 e. The van der Waals surface area contributed by atoms with Crippen molar-refractivity contribution < 1.29 is 14.3 Å². The minimum Gasteiger partial charge on any atom is -0.497 e. The number of carbonyl (C=O) groups is 1. The van der Waals surface area contributed by atoms with Crippen molar-refractivity contribution in [1.82, 2.24) is 5.32 Å². The maximum Gasteiger partial charge on any atom is 0.319 e. The van der Waals surface area contributed by atoms with Gasteiger partial charge in [0.05, 0.1) is 13.7 Å². The molecule has 22 heavy (non-hydrogen) atoms. The van der Waals surface area contributed by atoms with Crippen LogP contribution in [-0.2, 0) is 0 Å². The van der Waals surface area contributed by atoms with Gasteiger partial charge in [0, 0.05) is 5.69 Å². The summed E-state index contributed by atoms with van der Waals surface area (Å²) in [6.07, 6.45) is 0. The Kier molecular flexibility index (Phi) is 5.65. The number of carbonyl (C=O) groups excluding carboxylic acids is 1. The van der Waals surface area contributed by atoms with Crippen molar-refractivity contribution in [2.45, 2.75) is 6.92 Å². The van der Waals surface area contributed by atoms with Crippen LogP contribution in [0.5, 0.6) is 11.5 Å². The van der Waals surface area contributed by atoms with Gasteiger partial charge < -0.3 is 20.1 Å². The van der Waals surface area contributed by atoms with Gasteiger partial charge in [0.15, 0.2) is 0 Å². The number of rotatable bonds is 6. The molecule has 0 fully saturated rings. The van der Waals surface area contributed by atoms with E-state index in [4.69, 9.17) is 9.47 Å². The van der Waals surface area contributed by atoms with Crippen LogP contribution in [0.2, 0.25) is 0 Å². The van der Waals surface area contributed by atoms with Gasteiger partial charge in [-0.25, -0.2) is 4.79 Å². The predicted octanol–water partition coefficient (Wildman–Crippen LogP) is 3.20. The smallest absolute Gasteiger partial charge is 0.319 e. The van der Waals surface area contributed by atoms with Crippen LogP contribution < -0.4 is 20.1 Å². The maximum atomic E-state index is 11.8. The van der Waals surface area contributed by atoms with E-state index in [9.17, 15) is 4.79 Å². The fourth-order valence-corrected chi connectivity index (χ4v) is 1.89. The summed E-state index contributed by atoms with van der Waals surface area (Å²) >= 11 is 0. The molecule has 2 aromatic rings. The van der Waals surface area contributed by atoms with Crippen molar-refractivity contribution in [2.75, 3.05) is 25.6 Å². The molecule has 2 aromatic carbocycles. The highest BCUT2D eigenvalue weighted by Gasteiger charge is 2.03. The van der Waals surface area contributed by atoms with Crippen LogP contribution in [0.25, 0.3) is 0 Å². The maximum absolute atomic E-state index is 11.8. The number of hydrogen-bond donors (Lipinski definition) is 2. The van der Waals surface area contributed by atoms with Gasteiger partial charge in [0.25, 0.3) is 0 Å². The molecular weight excluding hydrogens is 280 g/mol. The van der Waals surface area contributed by atoms with Gasteiger partial charge in [-0.2, -0.15) is 0 Å². The molecule has 0 radical (unpaired) electrons. The summed E-state index contributed by atoms with van der Waals surface area (Å²) < 4.78 is 10.6. The summed E-state index contributed by atoms with van der Waals surface area (Å²) in [6.45, 7) is 2.76. The molecule has 0 saturated carbocycles. The summed E-state index contributed by atoms with van der Waals surface area (Å²) in [5.41, 5.74) is 1.82. The van der Waals surface area contributed by atoms with E-state index in [0.717, 1.165) is 22.7 Å². The van der Waals surface area contributed by atoms with E-state index in [-0.39, 0.29) is 6.03 Å². The monoisotopic (exact) mass is 300 g/mol. The summed E-state index contributed by atoms with van der Waals surface area (Å²) in [6, 6.07) is 14.7. The van der Waals surface area contributed by atoms with E-state index in [0.29, 0.717) is 13.2 Å². The first kappa shape index (κ1) is 15.7. The van der Waals surface area contributed by atoms with E-state index in [2.05, 4.69) is 10.6 Å². The lowest BCUT2D eigenvalue weighted by Gasteiger charge is -2.10. The first-order valence-corrected chi connectivity index (χ1v) is 7.06. The number of amides is 2. The SMILES string of the molecule is COc1ccc(OCCNC(=O)Nc2ccccc2C)cc1. The number of benzene rings is 2. The van der Waals surface area contributed by atoms with Gasteiger partial charge in [0.2, 0.25) is 0 Å². The van der Waals surface area contributed by atoms with E-state index in [1.807, 2.05) is 55.5 Å². The molecule has 0 aromatic heterocycles. The summed E-state index contributed by atoms with van der Waals surface area (Å²) in [5.74, 6) is 1.52. The lowest BCUT2D eigenvalue weighted by atomic mass is 10.2. The summed E-state index contributed by atoms with van der Waals surface area (Å²) in [4.78, 5) is 11.8. The number of para-hydroxylation sites is 1. The summed E-state index contributed by atoms with van der Waals surface area (Å²) in [5, 5.41) is 5.55. The van der Waals surface area contributed by atoms with Crippen LogP contribution in [0.4, 0.5) is 10.5 Å². The fourth-order valence-electron chi connectivity index (χ4n) is 1.89. The molecule has 0 bridgehead atoms. The molecule has 0 spiro atoms. The van der Waals surface area contributed by atoms with Crippen molar-refractivity contribution in [3.05, 3.63) is 54.1 Å². The van der Waals surface area contributed by atoms with Crippen molar-refractivity contribution in [2.24, 2.45) is 0 Å². The topological polar surface area (TPSA) is 59.6 Å². The number of nitrogens with one attached hydrogen (secondary N) is 2. The molecule has 2 rings (SSSR count). The van der Waals surface area contributed by atoms with Crippen LogP contribution in [-0.4, -0.2) is 26.3 Å². The van der Waals surface area contributed by atoms with Gasteiger partial charge in [0.1, 0.15) is 18.1 Å². The van der Waals surface area contributed by atoms with Gasteiger partial charge in [-0.3, -0.25) is 0 Å². The van der Waals surface area contributed by atoms with Crippen LogP contribution >= 0.6 is 0 Å². The van der Waals surface area contributed by atoms with Crippen LogP contribution in [0, 0.1) is 6.92 Å². The van der Waals surface area contributed by atoms with Crippen LogP contribution in [0.15, 0.2) is 48.5 Å². The van der Waals surface area contributed by atoms with E-state index in [1.54, 1.807) is 7.11 Å². The molecule has 5 nitrogen and oxygen atoms in total. The Morgan fingerprint density at radius 2 is 1.73 bits per heavy atom. The average molecular weight is 300 g/mol. The average Bonchev–Trinajstić information content (AvgIpc) is 2.54. The summed E-state index contributed by atoms with van der Waals surface area (Å²) in [7, 11) is 1.62. The molecule has 0 unspecified atom stereocenters. The lowest BCUT2D eigenvalue weighted by molar-refractivity contribution is 0.247. The molecule has 0 aliphatic rings. The Balaban J connectivity index is 1.69. The zero-order chi connectivity index (χ0) is 15.8. The molecule has 0 aliphatic carbocycles. The highest BCUT2D eigenvalue weighted by Crippen LogP contribution is 2.16. The van der Waals surface area contributed by atoms with Gasteiger partial charge in [-0.15, -0.1) is 0 Å².